The van der Waals surface area contributed by atoms with Crippen molar-refractivity contribution in [2.24, 2.45) is 5.10 Å². The molecule has 2 aromatic carbocycles. The average molecular weight is 467 g/mol. The lowest BCUT2D eigenvalue weighted by molar-refractivity contribution is -0.121. The van der Waals surface area contributed by atoms with Crippen molar-refractivity contribution in [2.45, 2.75) is 19.3 Å². The van der Waals surface area contributed by atoms with Gasteiger partial charge in [0.15, 0.2) is 0 Å². The van der Waals surface area contributed by atoms with Crippen molar-refractivity contribution in [3.63, 3.8) is 0 Å². The summed E-state index contributed by atoms with van der Waals surface area (Å²) in [5, 5.41) is 6.70. The molecular weight excluding hydrogens is 450 g/mol. The number of anilines is 1. The van der Waals surface area contributed by atoms with Gasteiger partial charge >= 0.3 is 0 Å². The molecule has 0 saturated heterocycles. The number of halogens is 2. The van der Waals surface area contributed by atoms with Crippen LogP contribution < -0.4 is 10.7 Å². The Bertz CT molecular complexity index is 778. The molecule has 2 amide bonds. The molecule has 0 aliphatic rings. The molecule has 0 aliphatic heterocycles. The number of carbonyl (C=O) groups is 2. The number of nitrogens with zero attached hydrogens (tertiary/aromatic N) is 1. The average Bonchev–Trinajstić information content (AvgIpc) is 2.55. The Hall–Kier alpha value is -1.99. The molecule has 25 heavy (non-hydrogen) atoms. The van der Waals surface area contributed by atoms with E-state index >= 15 is 0 Å². The zero-order valence-electron chi connectivity index (χ0n) is 13.3. The summed E-state index contributed by atoms with van der Waals surface area (Å²) in [6, 6.07) is 14.9. The zero-order chi connectivity index (χ0) is 18.1. The number of rotatable bonds is 7. The molecule has 0 aromatic heterocycles. The van der Waals surface area contributed by atoms with Crippen LogP contribution in [0.3, 0.4) is 0 Å². The van der Waals surface area contributed by atoms with Crippen LogP contribution in [0.4, 0.5) is 5.69 Å². The minimum atomic E-state index is -0.221. The topological polar surface area (TPSA) is 70.6 Å². The molecule has 2 aromatic rings. The molecular formula is C18H17Br2N3O2. The van der Waals surface area contributed by atoms with Gasteiger partial charge in [-0.2, -0.15) is 5.10 Å². The zero-order valence-corrected chi connectivity index (χ0v) is 16.5. The number of nitrogens with one attached hydrogen (secondary N) is 2. The summed E-state index contributed by atoms with van der Waals surface area (Å²) in [6.45, 7) is 0. The van der Waals surface area contributed by atoms with Gasteiger partial charge in [0.25, 0.3) is 0 Å². The Morgan fingerprint density at radius 1 is 0.960 bits per heavy atom. The van der Waals surface area contributed by atoms with Crippen molar-refractivity contribution < 1.29 is 9.59 Å². The summed E-state index contributed by atoms with van der Waals surface area (Å²) in [6.07, 6.45) is 2.54. The van der Waals surface area contributed by atoms with Gasteiger partial charge in [-0.05, 0) is 42.3 Å². The minimum Gasteiger partial charge on any atom is -0.326 e. The molecule has 0 saturated carbocycles. The second-order valence-electron chi connectivity index (χ2n) is 5.26. The Kier molecular flexibility index (Phi) is 7.81. The van der Waals surface area contributed by atoms with Crippen molar-refractivity contribution in [2.75, 3.05) is 5.32 Å². The van der Waals surface area contributed by atoms with E-state index in [1.54, 1.807) is 6.21 Å². The summed E-state index contributed by atoms with van der Waals surface area (Å²) < 4.78 is 1.84. The van der Waals surface area contributed by atoms with Gasteiger partial charge in [-0.1, -0.05) is 50.1 Å². The number of hydrogen-bond acceptors (Lipinski definition) is 3. The first-order chi connectivity index (χ1) is 12.0. The van der Waals surface area contributed by atoms with E-state index in [-0.39, 0.29) is 24.7 Å². The second-order valence-corrected chi connectivity index (χ2v) is 7.09. The maximum atomic E-state index is 11.8. The molecule has 0 heterocycles. The smallest absolute Gasteiger partial charge is 0.240 e. The van der Waals surface area contributed by atoms with Crippen LogP contribution in [0.2, 0.25) is 0 Å². The summed E-state index contributed by atoms with van der Waals surface area (Å²) in [4.78, 5) is 23.6. The van der Waals surface area contributed by atoms with Crippen LogP contribution in [0.15, 0.2) is 62.6 Å². The summed E-state index contributed by atoms with van der Waals surface area (Å²) in [5.74, 6) is -0.343. The lowest BCUT2D eigenvalue weighted by Crippen LogP contribution is -2.18. The molecule has 0 unspecified atom stereocenters. The van der Waals surface area contributed by atoms with Crippen LogP contribution in [-0.4, -0.2) is 18.0 Å². The van der Waals surface area contributed by atoms with Gasteiger partial charge in [0.05, 0.1) is 6.21 Å². The molecule has 2 N–H and O–H groups in total. The van der Waals surface area contributed by atoms with Crippen LogP contribution in [0, 0.1) is 0 Å². The standard InChI is InChI=1S/C18H17Br2N3O2/c19-14-5-1-4-13(10-14)12-21-23-18(25)9-3-8-17(24)22-16-7-2-6-15(20)11-16/h1-2,4-7,10-12H,3,8-9H2,(H,22,24)(H,23,25). The molecule has 7 heteroatoms. The van der Waals surface area contributed by atoms with Crippen LogP contribution >= 0.6 is 31.9 Å². The number of hydrogen-bond donors (Lipinski definition) is 2. The molecule has 2 rings (SSSR count). The van der Waals surface area contributed by atoms with Crippen molar-refractivity contribution in [1.29, 1.82) is 0 Å². The van der Waals surface area contributed by atoms with Crippen molar-refractivity contribution in [1.82, 2.24) is 5.43 Å². The molecule has 0 fully saturated rings. The number of carbonyl (C=O) groups excluding carboxylic acids is 2. The van der Waals surface area contributed by atoms with Gasteiger partial charge in [0.1, 0.15) is 0 Å². The van der Waals surface area contributed by atoms with Crippen molar-refractivity contribution in [3.05, 3.63) is 63.0 Å². The maximum Gasteiger partial charge on any atom is 0.240 e. The number of amides is 2. The molecule has 0 aliphatic carbocycles. The first-order valence-corrected chi connectivity index (χ1v) is 9.24. The van der Waals surface area contributed by atoms with E-state index < -0.39 is 0 Å². The van der Waals surface area contributed by atoms with Gasteiger partial charge in [-0.3, -0.25) is 9.59 Å². The van der Waals surface area contributed by atoms with Gasteiger partial charge in [-0.15, -0.1) is 0 Å². The molecule has 130 valence electrons. The predicted octanol–water partition coefficient (Wildman–Crippen LogP) is 4.47. The molecule has 5 nitrogen and oxygen atoms in total. The Balaban J connectivity index is 1.67. The predicted molar refractivity (Wildman–Crippen MR) is 107 cm³/mol. The van der Waals surface area contributed by atoms with E-state index in [0.29, 0.717) is 6.42 Å². The summed E-state index contributed by atoms with van der Waals surface area (Å²) >= 11 is 6.72. The second kappa shape index (κ2) is 10.1. The quantitative estimate of drug-likeness (QED) is 0.466. The largest absolute Gasteiger partial charge is 0.326 e. The fourth-order valence-corrected chi connectivity index (χ4v) is 2.84. The minimum absolute atomic E-state index is 0.122. The molecule has 0 radical (unpaired) electrons. The van der Waals surface area contributed by atoms with Crippen molar-refractivity contribution in [3.8, 4) is 0 Å². The monoisotopic (exact) mass is 465 g/mol. The first-order valence-electron chi connectivity index (χ1n) is 7.66. The fourth-order valence-electron chi connectivity index (χ4n) is 2.02. The summed E-state index contributed by atoms with van der Waals surface area (Å²) in [5.41, 5.74) is 4.06. The van der Waals surface area contributed by atoms with E-state index in [1.165, 1.54) is 0 Å². The third-order valence-electron chi connectivity index (χ3n) is 3.17. The highest BCUT2D eigenvalue weighted by Crippen LogP contribution is 2.16. The Labute approximate surface area is 163 Å². The highest BCUT2D eigenvalue weighted by Gasteiger charge is 2.05. The SMILES string of the molecule is O=C(CCCC(=O)Nc1cccc(Br)c1)NN=Cc1cccc(Br)c1. The van der Waals surface area contributed by atoms with Gasteiger partial charge in [-0.25, -0.2) is 5.43 Å². The normalized spacial score (nSPS) is 10.6. The highest BCUT2D eigenvalue weighted by molar-refractivity contribution is 9.10. The van der Waals surface area contributed by atoms with E-state index in [2.05, 4.69) is 47.7 Å². The maximum absolute atomic E-state index is 11.8. The van der Waals surface area contributed by atoms with E-state index in [4.69, 9.17) is 0 Å². The third-order valence-corrected chi connectivity index (χ3v) is 4.15. The van der Waals surface area contributed by atoms with Crippen molar-refractivity contribution >= 4 is 55.6 Å². The lowest BCUT2D eigenvalue weighted by atomic mass is 10.2. The van der Waals surface area contributed by atoms with E-state index in [0.717, 1.165) is 20.2 Å². The Morgan fingerprint density at radius 3 is 2.36 bits per heavy atom. The fraction of sp³-hybridized carbons (Fsp3) is 0.167. The van der Waals surface area contributed by atoms with Crippen LogP contribution in [-0.2, 0) is 9.59 Å². The molecule has 0 atom stereocenters. The molecule has 0 bridgehead atoms. The van der Waals surface area contributed by atoms with Gasteiger partial charge < -0.3 is 5.32 Å². The molecule has 0 spiro atoms. The highest BCUT2D eigenvalue weighted by atomic mass is 79.9. The lowest BCUT2D eigenvalue weighted by Gasteiger charge is -2.05. The number of benzene rings is 2. The van der Waals surface area contributed by atoms with Crippen LogP contribution in [0.25, 0.3) is 0 Å². The van der Waals surface area contributed by atoms with Gasteiger partial charge in [0.2, 0.25) is 11.8 Å². The first kappa shape index (κ1) is 19.3. The summed E-state index contributed by atoms with van der Waals surface area (Å²) in [7, 11) is 0. The van der Waals surface area contributed by atoms with Crippen LogP contribution in [0.1, 0.15) is 24.8 Å². The third kappa shape index (κ3) is 7.62. The van der Waals surface area contributed by atoms with E-state index in [9.17, 15) is 9.59 Å². The van der Waals surface area contributed by atoms with E-state index in [1.807, 2.05) is 48.5 Å². The number of hydrazone groups is 1. The Morgan fingerprint density at radius 2 is 1.64 bits per heavy atom. The van der Waals surface area contributed by atoms with Crippen LogP contribution in [0.5, 0.6) is 0 Å². The van der Waals surface area contributed by atoms with Gasteiger partial charge in [0, 0.05) is 27.5 Å².